The number of carbonyl (C=O) groups excluding carboxylic acids is 2. The van der Waals surface area contributed by atoms with E-state index in [1.807, 2.05) is 37.2 Å². The van der Waals surface area contributed by atoms with Crippen LogP contribution in [-0.4, -0.2) is 49.4 Å². The van der Waals surface area contributed by atoms with Crippen molar-refractivity contribution >= 4 is 23.7 Å². The Hall–Kier alpha value is -3.19. The van der Waals surface area contributed by atoms with E-state index >= 15 is 0 Å². The van der Waals surface area contributed by atoms with E-state index < -0.39 is 5.91 Å². The monoisotopic (exact) mass is 340 g/mol. The molecule has 0 unspecified atom stereocenters. The van der Waals surface area contributed by atoms with Crippen LogP contribution in [0.4, 0.5) is 5.69 Å². The SMILES string of the molecule is CN(/N=C/c1ccc(C(=O)NO)cc1)C(=O)c1ccccc1N(C)C. The van der Waals surface area contributed by atoms with Gasteiger partial charge in [-0.05, 0) is 29.8 Å². The van der Waals surface area contributed by atoms with Gasteiger partial charge in [0.1, 0.15) is 0 Å². The minimum Gasteiger partial charge on any atom is -0.377 e. The summed E-state index contributed by atoms with van der Waals surface area (Å²) in [5, 5.41) is 14.0. The predicted octanol–water partition coefficient (Wildman–Crippen LogP) is 1.98. The number of benzene rings is 2. The van der Waals surface area contributed by atoms with Crippen LogP contribution in [0, 0.1) is 0 Å². The molecule has 0 saturated carbocycles. The Morgan fingerprint density at radius 1 is 1.04 bits per heavy atom. The van der Waals surface area contributed by atoms with Crippen molar-refractivity contribution in [3.05, 3.63) is 65.2 Å². The lowest BCUT2D eigenvalue weighted by molar-refractivity contribution is 0.0706. The Bertz CT molecular complexity index is 785. The number of carbonyl (C=O) groups is 2. The summed E-state index contributed by atoms with van der Waals surface area (Å²) in [4.78, 5) is 25.7. The molecule has 0 atom stereocenters. The summed E-state index contributed by atoms with van der Waals surface area (Å²) in [6, 6.07) is 13.7. The van der Waals surface area contributed by atoms with Gasteiger partial charge in [0, 0.05) is 32.4 Å². The predicted molar refractivity (Wildman–Crippen MR) is 96.2 cm³/mol. The van der Waals surface area contributed by atoms with Crippen LogP contribution in [0.5, 0.6) is 0 Å². The second kappa shape index (κ2) is 8.07. The Morgan fingerprint density at radius 2 is 1.68 bits per heavy atom. The lowest BCUT2D eigenvalue weighted by Crippen LogP contribution is -2.24. The van der Waals surface area contributed by atoms with Gasteiger partial charge in [-0.25, -0.2) is 10.5 Å². The third-order valence-electron chi connectivity index (χ3n) is 3.56. The molecule has 0 fully saturated rings. The first-order valence-corrected chi connectivity index (χ1v) is 7.57. The van der Waals surface area contributed by atoms with E-state index in [9.17, 15) is 9.59 Å². The highest BCUT2D eigenvalue weighted by atomic mass is 16.5. The Morgan fingerprint density at radius 3 is 2.28 bits per heavy atom. The molecule has 0 aliphatic rings. The Kier molecular flexibility index (Phi) is 5.86. The molecular formula is C18H20N4O3. The summed E-state index contributed by atoms with van der Waals surface area (Å²) in [6.07, 6.45) is 1.52. The number of rotatable bonds is 5. The van der Waals surface area contributed by atoms with Crippen LogP contribution in [0.15, 0.2) is 53.6 Å². The molecule has 0 aliphatic heterocycles. The van der Waals surface area contributed by atoms with Crippen LogP contribution >= 0.6 is 0 Å². The number of hydrogen-bond acceptors (Lipinski definition) is 5. The van der Waals surface area contributed by atoms with Crippen LogP contribution < -0.4 is 10.4 Å². The second-order valence-corrected chi connectivity index (χ2v) is 5.55. The zero-order valence-corrected chi connectivity index (χ0v) is 14.3. The fraction of sp³-hybridized carbons (Fsp3) is 0.167. The Balaban J connectivity index is 2.13. The van der Waals surface area contributed by atoms with Gasteiger partial charge in [-0.15, -0.1) is 0 Å². The largest absolute Gasteiger partial charge is 0.377 e. The van der Waals surface area contributed by atoms with Gasteiger partial charge in [-0.2, -0.15) is 5.10 Å². The number of hydroxylamine groups is 1. The van der Waals surface area contributed by atoms with Crippen molar-refractivity contribution in [1.82, 2.24) is 10.5 Å². The van der Waals surface area contributed by atoms with Crippen LogP contribution in [-0.2, 0) is 0 Å². The van der Waals surface area contributed by atoms with Crippen LogP contribution in [0.3, 0.4) is 0 Å². The summed E-state index contributed by atoms with van der Waals surface area (Å²) in [5.41, 5.74) is 3.98. The Labute approximate surface area is 146 Å². The third kappa shape index (κ3) is 4.42. The van der Waals surface area contributed by atoms with Crippen LogP contribution in [0.2, 0.25) is 0 Å². The van der Waals surface area contributed by atoms with E-state index in [0.29, 0.717) is 11.1 Å². The van der Waals surface area contributed by atoms with E-state index in [4.69, 9.17) is 5.21 Å². The van der Waals surface area contributed by atoms with Gasteiger partial charge in [0.2, 0.25) is 0 Å². The zero-order valence-electron chi connectivity index (χ0n) is 14.3. The maximum atomic E-state index is 12.6. The van der Waals surface area contributed by atoms with Gasteiger partial charge >= 0.3 is 0 Å². The molecule has 0 heterocycles. The van der Waals surface area contributed by atoms with Gasteiger partial charge in [0.05, 0.1) is 11.8 Å². The van der Waals surface area contributed by atoms with Crippen molar-refractivity contribution < 1.29 is 14.8 Å². The number of hydrazone groups is 1. The maximum Gasteiger partial charge on any atom is 0.275 e. The van der Waals surface area contributed by atoms with Crippen molar-refractivity contribution in [2.24, 2.45) is 5.10 Å². The van der Waals surface area contributed by atoms with Gasteiger partial charge in [0.15, 0.2) is 0 Å². The second-order valence-electron chi connectivity index (χ2n) is 5.55. The molecule has 0 aromatic heterocycles. The van der Waals surface area contributed by atoms with Gasteiger partial charge in [0.25, 0.3) is 11.8 Å². The lowest BCUT2D eigenvalue weighted by atomic mass is 10.1. The molecule has 7 nitrogen and oxygen atoms in total. The van der Waals surface area contributed by atoms with Crippen molar-refractivity contribution in [2.45, 2.75) is 0 Å². The molecule has 2 amide bonds. The third-order valence-corrected chi connectivity index (χ3v) is 3.56. The number of para-hydroxylation sites is 1. The molecule has 7 heteroatoms. The average Bonchev–Trinajstić information content (AvgIpc) is 2.65. The van der Waals surface area contributed by atoms with E-state index in [2.05, 4.69) is 5.10 Å². The topological polar surface area (TPSA) is 85.2 Å². The minimum atomic E-state index is -0.587. The molecule has 2 rings (SSSR count). The maximum absolute atomic E-state index is 12.6. The van der Waals surface area contributed by atoms with E-state index in [1.54, 1.807) is 42.9 Å². The first-order valence-electron chi connectivity index (χ1n) is 7.57. The molecule has 2 aromatic carbocycles. The smallest absolute Gasteiger partial charge is 0.275 e. The summed E-state index contributed by atoms with van der Waals surface area (Å²) >= 11 is 0. The van der Waals surface area contributed by atoms with E-state index in [1.165, 1.54) is 11.2 Å². The molecule has 25 heavy (non-hydrogen) atoms. The normalized spacial score (nSPS) is 10.6. The van der Waals surface area contributed by atoms with Crippen molar-refractivity contribution in [3.8, 4) is 0 Å². The van der Waals surface area contributed by atoms with Crippen molar-refractivity contribution in [3.63, 3.8) is 0 Å². The number of hydrogen-bond donors (Lipinski definition) is 2. The van der Waals surface area contributed by atoms with E-state index in [-0.39, 0.29) is 5.91 Å². The standard InChI is InChI=1S/C18H20N4O3/c1-21(2)16-7-5-4-6-15(16)18(24)22(3)19-12-13-8-10-14(11-9-13)17(23)20-25/h4-12,25H,1-3H3,(H,20,23)/b19-12+. The first kappa shape index (κ1) is 18.2. The first-order chi connectivity index (χ1) is 11.9. The molecule has 0 spiro atoms. The van der Waals surface area contributed by atoms with Gasteiger partial charge in [-0.3, -0.25) is 14.8 Å². The number of anilines is 1. The fourth-order valence-electron chi connectivity index (χ4n) is 2.21. The van der Waals surface area contributed by atoms with Gasteiger partial charge in [-0.1, -0.05) is 24.3 Å². The highest BCUT2D eigenvalue weighted by Gasteiger charge is 2.15. The molecule has 0 aliphatic carbocycles. The average molecular weight is 340 g/mol. The summed E-state index contributed by atoms with van der Waals surface area (Å²) in [7, 11) is 5.33. The zero-order chi connectivity index (χ0) is 18.4. The van der Waals surface area contributed by atoms with Crippen molar-refractivity contribution in [2.75, 3.05) is 26.0 Å². The number of amides is 2. The summed E-state index contributed by atoms with van der Waals surface area (Å²) < 4.78 is 0. The molecule has 130 valence electrons. The highest BCUT2D eigenvalue weighted by molar-refractivity contribution is 6.00. The minimum absolute atomic E-state index is 0.225. The molecule has 0 radical (unpaired) electrons. The van der Waals surface area contributed by atoms with Crippen LogP contribution in [0.1, 0.15) is 26.3 Å². The van der Waals surface area contributed by atoms with E-state index in [0.717, 1.165) is 11.3 Å². The molecule has 2 N–H and O–H groups in total. The molecule has 0 bridgehead atoms. The molecule has 0 saturated heterocycles. The molecule has 2 aromatic rings. The molecular weight excluding hydrogens is 320 g/mol. The quantitative estimate of drug-likeness (QED) is 0.495. The number of nitrogens with one attached hydrogen (secondary N) is 1. The van der Waals surface area contributed by atoms with Crippen molar-refractivity contribution in [1.29, 1.82) is 0 Å². The van der Waals surface area contributed by atoms with Crippen LogP contribution in [0.25, 0.3) is 0 Å². The summed E-state index contributed by atoms with van der Waals surface area (Å²) in [6.45, 7) is 0. The highest BCUT2D eigenvalue weighted by Crippen LogP contribution is 2.19. The lowest BCUT2D eigenvalue weighted by Gasteiger charge is -2.19. The number of nitrogens with zero attached hydrogens (tertiary/aromatic N) is 3. The summed E-state index contributed by atoms with van der Waals surface area (Å²) in [5.74, 6) is -0.812. The van der Waals surface area contributed by atoms with Gasteiger partial charge < -0.3 is 4.90 Å². The fourth-order valence-corrected chi connectivity index (χ4v) is 2.21.